The summed E-state index contributed by atoms with van der Waals surface area (Å²) in [5.41, 5.74) is 0. The van der Waals surface area contributed by atoms with Crippen molar-refractivity contribution in [3.05, 3.63) is 24.3 Å². The average molecular weight is 626 g/mol. The summed E-state index contributed by atoms with van der Waals surface area (Å²) in [5, 5.41) is 0.961. The van der Waals surface area contributed by atoms with E-state index in [1.165, 1.54) is 128 Å². The fourth-order valence-electron chi connectivity index (χ4n) is 5.47. The van der Waals surface area contributed by atoms with E-state index >= 15 is 0 Å². The van der Waals surface area contributed by atoms with Crippen molar-refractivity contribution >= 4 is 21.9 Å². The van der Waals surface area contributed by atoms with Gasteiger partial charge < -0.3 is 4.74 Å². The molecule has 0 radical (unpaired) electrons. The molecule has 236 valence electrons. The van der Waals surface area contributed by atoms with E-state index in [-0.39, 0.29) is 12.1 Å². The molecule has 1 atom stereocenters. The Morgan fingerprint density at radius 1 is 0.550 bits per heavy atom. The summed E-state index contributed by atoms with van der Waals surface area (Å²) in [6, 6.07) is 0. The lowest BCUT2D eigenvalue weighted by molar-refractivity contribution is -0.153. The zero-order valence-electron chi connectivity index (χ0n) is 27.3. The van der Waals surface area contributed by atoms with E-state index < -0.39 is 0 Å². The predicted molar refractivity (Wildman–Crippen MR) is 183 cm³/mol. The van der Waals surface area contributed by atoms with Gasteiger partial charge in [0.2, 0.25) is 0 Å². The predicted octanol–water partition coefficient (Wildman–Crippen LogP) is 13.2. The largest absolute Gasteiger partial charge is 0.462 e. The molecule has 3 heteroatoms. The first-order valence-electron chi connectivity index (χ1n) is 17.7. The van der Waals surface area contributed by atoms with Gasteiger partial charge in [-0.25, -0.2) is 0 Å². The van der Waals surface area contributed by atoms with Crippen molar-refractivity contribution in [2.24, 2.45) is 5.92 Å². The molecular formula is C37H69BrO2. The molecule has 0 aliphatic rings. The molecule has 0 aliphatic carbocycles. The zero-order valence-corrected chi connectivity index (χ0v) is 28.8. The summed E-state index contributed by atoms with van der Waals surface area (Å²) in [7, 11) is 0. The van der Waals surface area contributed by atoms with Crippen LogP contribution in [0.4, 0.5) is 0 Å². The second-order valence-corrected chi connectivity index (χ2v) is 12.8. The standard InChI is InChI=1S/C37H69BrO2/c1-4-7-10-13-16-19-22-25-30-35(31-26-23-20-17-14-11-8-5-2)36(40-37(39)33-28-29-34-38)32-27-24-21-18-15-12-9-6-3/h16-17,19-20,35-36H,4-15,18,21-34H2,1-3H3/b19-16-,20-17-. The summed E-state index contributed by atoms with van der Waals surface area (Å²) in [6.45, 7) is 6.82. The van der Waals surface area contributed by atoms with Gasteiger partial charge in [-0.05, 0) is 95.8 Å². The number of unbranched alkanes of at least 4 members (excludes halogenated alkanes) is 16. The van der Waals surface area contributed by atoms with Crippen LogP contribution < -0.4 is 0 Å². The lowest BCUT2D eigenvalue weighted by Crippen LogP contribution is -2.27. The average Bonchev–Trinajstić information content (AvgIpc) is 2.95. The molecule has 0 heterocycles. The fourth-order valence-corrected chi connectivity index (χ4v) is 5.87. The molecule has 0 aliphatic heterocycles. The first kappa shape index (κ1) is 39.4. The molecule has 0 fully saturated rings. The number of esters is 1. The smallest absolute Gasteiger partial charge is 0.306 e. The van der Waals surface area contributed by atoms with Crippen molar-refractivity contribution in [2.75, 3.05) is 5.33 Å². The third-order valence-electron chi connectivity index (χ3n) is 8.09. The molecule has 40 heavy (non-hydrogen) atoms. The van der Waals surface area contributed by atoms with Crippen molar-refractivity contribution in [2.45, 2.75) is 194 Å². The minimum Gasteiger partial charge on any atom is -0.462 e. The molecule has 0 aromatic carbocycles. The highest BCUT2D eigenvalue weighted by Gasteiger charge is 2.24. The minimum atomic E-state index is 0.0298. The summed E-state index contributed by atoms with van der Waals surface area (Å²) < 4.78 is 6.27. The lowest BCUT2D eigenvalue weighted by atomic mass is 9.87. The lowest BCUT2D eigenvalue weighted by Gasteiger charge is -2.27. The maximum atomic E-state index is 12.8. The Hall–Kier alpha value is -0.570. The summed E-state index contributed by atoms with van der Waals surface area (Å²) in [6.07, 6.45) is 41.2. The zero-order chi connectivity index (χ0) is 29.4. The Kier molecular flexibility index (Phi) is 32.5. The molecule has 0 aromatic rings. The number of allylic oxidation sites excluding steroid dienone is 4. The van der Waals surface area contributed by atoms with Crippen LogP contribution in [0.15, 0.2) is 24.3 Å². The van der Waals surface area contributed by atoms with Gasteiger partial charge in [0.05, 0.1) is 0 Å². The minimum absolute atomic E-state index is 0.0298. The van der Waals surface area contributed by atoms with E-state index in [4.69, 9.17) is 4.74 Å². The highest BCUT2D eigenvalue weighted by atomic mass is 79.9. The SMILES string of the molecule is CCCCC/C=C\CCCC(CCC/C=C\CCCCC)C(CCCCCCCCCC)OC(=O)CCCCBr. The topological polar surface area (TPSA) is 26.3 Å². The third-order valence-corrected chi connectivity index (χ3v) is 8.65. The normalized spacial score (nSPS) is 12.7. The Balaban J connectivity index is 4.98. The Bertz CT molecular complexity index is 545. The molecule has 1 unspecified atom stereocenters. The molecule has 0 spiro atoms. The van der Waals surface area contributed by atoms with E-state index in [1.807, 2.05) is 0 Å². The third kappa shape index (κ3) is 27.6. The van der Waals surface area contributed by atoms with Crippen molar-refractivity contribution in [1.29, 1.82) is 0 Å². The second kappa shape index (κ2) is 32.9. The van der Waals surface area contributed by atoms with Crippen molar-refractivity contribution in [3.8, 4) is 0 Å². The van der Waals surface area contributed by atoms with E-state index in [0.29, 0.717) is 12.3 Å². The number of hydrogen-bond donors (Lipinski definition) is 0. The van der Waals surface area contributed by atoms with Gasteiger partial charge in [-0.1, -0.05) is 132 Å². The monoisotopic (exact) mass is 624 g/mol. The highest BCUT2D eigenvalue weighted by molar-refractivity contribution is 9.09. The van der Waals surface area contributed by atoms with Crippen LogP contribution in [0, 0.1) is 5.92 Å². The van der Waals surface area contributed by atoms with Gasteiger partial charge >= 0.3 is 5.97 Å². The number of halogens is 1. The maximum absolute atomic E-state index is 12.8. The molecule has 0 N–H and O–H groups in total. The molecule has 0 rings (SSSR count). The molecule has 0 saturated heterocycles. The number of hydrogen-bond acceptors (Lipinski definition) is 2. The Labute approximate surface area is 260 Å². The fraction of sp³-hybridized carbons (Fsp3) is 0.865. The number of carbonyl (C=O) groups excluding carboxylic acids is 1. The number of alkyl halides is 1. The molecule has 0 bridgehead atoms. The van der Waals surface area contributed by atoms with Crippen LogP contribution in [-0.2, 0) is 9.53 Å². The molecular weight excluding hydrogens is 556 g/mol. The van der Waals surface area contributed by atoms with E-state index in [0.717, 1.165) is 37.4 Å². The van der Waals surface area contributed by atoms with Crippen LogP contribution >= 0.6 is 15.9 Å². The second-order valence-electron chi connectivity index (χ2n) is 12.0. The first-order valence-corrected chi connectivity index (χ1v) is 18.9. The number of rotatable bonds is 31. The van der Waals surface area contributed by atoms with Crippen LogP contribution in [0.25, 0.3) is 0 Å². The molecule has 2 nitrogen and oxygen atoms in total. The van der Waals surface area contributed by atoms with Crippen LogP contribution in [0.5, 0.6) is 0 Å². The first-order chi connectivity index (χ1) is 19.7. The summed E-state index contributed by atoms with van der Waals surface area (Å²) in [5.74, 6) is 0.522. The molecule has 0 amide bonds. The van der Waals surface area contributed by atoms with Crippen molar-refractivity contribution in [3.63, 3.8) is 0 Å². The van der Waals surface area contributed by atoms with Gasteiger partial charge in [0, 0.05) is 11.8 Å². The molecule has 0 aromatic heterocycles. The Morgan fingerprint density at radius 3 is 1.50 bits per heavy atom. The van der Waals surface area contributed by atoms with Crippen molar-refractivity contribution < 1.29 is 9.53 Å². The van der Waals surface area contributed by atoms with E-state index in [1.54, 1.807) is 0 Å². The van der Waals surface area contributed by atoms with Gasteiger partial charge in [0.15, 0.2) is 0 Å². The highest BCUT2D eigenvalue weighted by Crippen LogP contribution is 2.27. The number of ether oxygens (including phenoxy) is 1. The van der Waals surface area contributed by atoms with Gasteiger partial charge in [-0.3, -0.25) is 4.79 Å². The van der Waals surface area contributed by atoms with Gasteiger partial charge in [0.1, 0.15) is 6.10 Å². The summed E-state index contributed by atoms with van der Waals surface area (Å²) in [4.78, 5) is 12.8. The van der Waals surface area contributed by atoms with Gasteiger partial charge in [0.25, 0.3) is 0 Å². The number of carbonyl (C=O) groups is 1. The van der Waals surface area contributed by atoms with Crippen LogP contribution in [0.1, 0.15) is 188 Å². The summed E-state index contributed by atoms with van der Waals surface area (Å²) >= 11 is 3.50. The van der Waals surface area contributed by atoms with Crippen LogP contribution in [0.3, 0.4) is 0 Å². The maximum Gasteiger partial charge on any atom is 0.306 e. The molecule has 0 saturated carbocycles. The van der Waals surface area contributed by atoms with Crippen LogP contribution in [0.2, 0.25) is 0 Å². The van der Waals surface area contributed by atoms with Gasteiger partial charge in [-0.15, -0.1) is 0 Å². The van der Waals surface area contributed by atoms with Crippen molar-refractivity contribution in [1.82, 2.24) is 0 Å². The van der Waals surface area contributed by atoms with E-state index in [9.17, 15) is 4.79 Å². The van der Waals surface area contributed by atoms with Gasteiger partial charge in [-0.2, -0.15) is 0 Å². The quantitative estimate of drug-likeness (QED) is 0.0332. The Morgan fingerprint density at radius 2 is 1.00 bits per heavy atom. The van der Waals surface area contributed by atoms with Crippen LogP contribution in [-0.4, -0.2) is 17.4 Å². The van der Waals surface area contributed by atoms with E-state index in [2.05, 4.69) is 61.0 Å².